The fraction of sp³-hybridized carbons (Fsp3) is 0.182. The predicted molar refractivity (Wildman–Crippen MR) is 101 cm³/mol. The lowest BCUT2D eigenvalue weighted by atomic mass is 10.2. The second-order valence-electron chi connectivity index (χ2n) is 5.76. The number of rotatable bonds is 8. The third-order valence-corrected chi connectivity index (χ3v) is 3.88. The van der Waals surface area contributed by atoms with Crippen molar-refractivity contribution in [2.75, 3.05) is 14.2 Å². The van der Waals surface area contributed by atoms with Gasteiger partial charge in [0, 0.05) is 6.07 Å². The van der Waals surface area contributed by atoms with Crippen molar-refractivity contribution in [1.82, 2.24) is 0 Å². The van der Waals surface area contributed by atoms with Crippen molar-refractivity contribution in [3.8, 4) is 23.0 Å². The molecule has 0 N–H and O–H groups in total. The number of benzene rings is 3. The maximum atomic E-state index is 5.87. The molecule has 3 aromatic rings. The Bertz CT molecular complexity index is 778. The van der Waals surface area contributed by atoms with Crippen molar-refractivity contribution in [3.63, 3.8) is 0 Å². The van der Waals surface area contributed by atoms with Gasteiger partial charge >= 0.3 is 0 Å². The molecule has 4 heteroatoms. The van der Waals surface area contributed by atoms with E-state index in [0.717, 1.165) is 34.1 Å². The lowest BCUT2D eigenvalue weighted by Gasteiger charge is -2.11. The largest absolute Gasteiger partial charge is 0.497 e. The van der Waals surface area contributed by atoms with Gasteiger partial charge in [-0.1, -0.05) is 30.3 Å². The van der Waals surface area contributed by atoms with Gasteiger partial charge in [0.25, 0.3) is 0 Å². The summed E-state index contributed by atoms with van der Waals surface area (Å²) in [6.07, 6.45) is 0. The Morgan fingerprint density at radius 3 is 1.42 bits per heavy atom. The van der Waals surface area contributed by atoms with Gasteiger partial charge in [0.2, 0.25) is 0 Å². The molecule has 0 radical (unpaired) electrons. The highest BCUT2D eigenvalue weighted by atomic mass is 16.5. The molecule has 134 valence electrons. The Labute approximate surface area is 153 Å². The molecule has 0 aliphatic rings. The van der Waals surface area contributed by atoms with Crippen molar-refractivity contribution in [2.24, 2.45) is 0 Å². The molecule has 0 aliphatic carbocycles. The molecule has 0 bridgehead atoms. The van der Waals surface area contributed by atoms with Gasteiger partial charge in [-0.2, -0.15) is 0 Å². The highest BCUT2D eigenvalue weighted by Crippen LogP contribution is 2.23. The average molecular weight is 350 g/mol. The van der Waals surface area contributed by atoms with Crippen molar-refractivity contribution in [3.05, 3.63) is 83.9 Å². The zero-order chi connectivity index (χ0) is 18.2. The fourth-order valence-electron chi connectivity index (χ4n) is 2.51. The Hall–Kier alpha value is -3.14. The summed E-state index contributed by atoms with van der Waals surface area (Å²) in [7, 11) is 3.31. The van der Waals surface area contributed by atoms with Crippen LogP contribution < -0.4 is 18.9 Å². The van der Waals surface area contributed by atoms with Crippen LogP contribution in [0.15, 0.2) is 72.8 Å². The third kappa shape index (κ3) is 4.93. The minimum atomic E-state index is 0.469. The molecule has 0 unspecified atom stereocenters. The normalized spacial score (nSPS) is 10.2. The fourth-order valence-corrected chi connectivity index (χ4v) is 2.51. The zero-order valence-electron chi connectivity index (χ0n) is 15.0. The minimum absolute atomic E-state index is 0.469. The van der Waals surface area contributed by atoms with Crippen molar-refractivity contribution in [1.29, 1.82) is 0 Å². The molecule has 0 saturated heterocycles. The van der Waals surface area contributed by atoms with E-state index in [1.54, 1.807) is 14.2 Å². The molecular formula is C22H22O4. The topological polar surface area (TPSA) is 36.9 Å². The van der Waals surface area contributed by atoms with Crippen LogP contribution in [-0.2, 0) is 13.2 Å². The lowest BCUT2D eigenvalue weighted by Crippen LogP contribution is -1.98. The lowest BCUT2D eigenvalue weighted by molar-refractivity contribution is 0.289. The van der Waals surface area contributed by atoms with Crippen LogP contribution in [0, 0.1) is 0 Å². The smallest absolute Gasteiger partial charge is 0.123 e. The van der Waals surface area contributed by atoms with Gasteiger partial charge < -0.3 is 18.9 Å². The predicted octanol–water partition coefficient (Wildman–Crippen LogP) is 4.86. The van der Waals surface area contributed by atoms with E-state index in [1.165, 1.54) is 0 Å². The summed E-state index contributed by atoms with van der Waals surface area (Å²) >= 11 is 0. The van der Waals surface area contributed by atoms with E-state index in [-0.39, 0.29) is 0 Å². The van der Waals surface area contributed by atoms with Crippen LogP contribution in [0.4, 0.5) is 0 Å². The van der Waals surface area contributed by atoms with E-state index in [1.807, 2.05) is 72.8 Å². The Morgan fingerprint density at radius 2 is 0.962 bits per heavy atom. The first kappa shape index (κ1) is 17.7. The molecule has 0 aliphatic heterocycles. The highest BCUT2D eigenvalue weighted by molar-refractivity contribution is 5.34. The maximum Gasteiger partial charge on any atom is 0.123 e. The Kier molecular flexibility index (Phi) is 5.99. The van der Waals surface area contributed by atoms with E-state index in [0.29, 0.717) is 13.2 Å². The van der Waals surface area contributed by atoms with Gasteiger partial charge in [-0.3, -0.25) is 0 Å². The summed E-state index contributed by atoms with van der Waals surface area (Å²) in [5.41, 5.74) is 2.10. The standard InChI is InChI=1S/C22H22O4/c1-23-19-8-3-6-17(12-19)15-25-21-10-5-11-22(14-21)26-16-18-7-4-9-20(13-18)24-2/h3-14H,15-16H2,1-2H3. The van der Waals surface area contributed by atoms with Crippen LogP contribution in [-0.4, -0.2) is 14.2 Å². The van der Waals surface area contributed by atoms with E-state index in [2.05, 4.69) is 0 Å². The second kappa shape index (κ2) is 8.81. The number of hydrogen-bond acceptors (Lipinski definition) is 4. The number of hydrogen-bond donors (Lipinski definition) is 0. The summed E-state index contributed by atoms with van der Waals surface area (Å²) in [5.74, 6) is 3.16. The van der Waals surface area contributed by atoms with Gasteiger partial charge in [-0.25, -0.2) is 0 Å². The van der Waals surface area contributed by atoms with Gasteiger partial charge in [0.15, 0.2) is 0 Å². The summed E-state index contributed by atoms with van der Waals surface area (Å²) in [4.78, 5) is 0. The summed E-state index contributed by atoms with van der Waals surface area (Å²) in [5, 5.41) is 0. The molecule has 0 heterocycles. The molecule has 0 amide bonds. The third-order valence-electron chi connectivity index (χ3n) is 3.88. The van der Waals surface area contributed by atoms with Crippen molar-refractivity contribution in [2.45, 2.75) is 13.2 Å². The quantitative estimate of drug-likeness (QED) is 0.581. The van der Waals surface area contributed by atoms with Crippen LogP contribution in [0.2, 0.25) is 0 Å². The molecule has 0 fully saturated rings. The van der Waals surface area contributed by atoms with Crippen LogP contribution in [0.25, 0.3) is 0 Å². The highest BCUT2D eigenvalue weighted by Gasteiger charge is 2.02. The van der Waals surface area contributed by atoms with Crippen molar-refractivity contribution < 1.29 is 18.9 Å². The van der Waals surface area contributed by atoms with E-state index in [4.69, 9.17) is 18.9 Å². The molecule has 3 aromatic carbocycles. The van der Waals surface area contributed by atoms with E-state index in [9.17, 15) is 0 Å². The number of ether oxygens (including phenoxy) is 4. The molecule has 0 atom stereocenters. The van der Waals surface area contributed by atoms with Gasteiger partial charge in [-0.05, 0) is 47.5 Å². The Morgan fingerprint density at radius 1 is 0.538 bits per heavy atom. The monoisotopic (exact) mass is 350 g/mol. The Balaban J connectivity index is 1.58. The molecule has 0 spiro atoms. The minimum Gasteiger partial charge on any atom is -0.497 e. The first-order valence-electron chi connectivity index (χ1n) is 8.38. The zero-order valence-corrected chi connectivity index (χ0v) is 15.0. The maximum absolute atomic E-state index is 5.87. The summed E-state index contributed by atoms with van der Waals surface area (Å²) < 4.78 is 22.2. The number of methoxy groups -OCH3 is 2. The van der Waals surface area contributed by atoms with E-state index >= 15 is 0 Å². The molecule has 26 heavy (non-hydrogen) atoms. The van der Waals surface area contributed by atoms with Crippen molar-refractivity contribution >= 4 is 0 Å². The second-order valence-corrected chi connectivity index (χ2v) is 5.76. The first-order chi connectivity index (χ1) is 12.8. The average Bonchev–Trinajstić information content (AvgIpc) is 2.71. The molecule has 0 aromatic heterocycles. The molecule has 3 rings (SSSR count). The summed E-state index contributed by atoms with van der Waals surface area (Å²) in [6.45, 7) is 0.938. The van der Waals surface area contributed by atoms with Gasteiger partial charge in [-0.15, -0.1) is 0 Å². The molecule has 4 nitrogen and oxygen atoms in total. The van der Waals surface area contributed by atoms with Crippen LogP contribution in [0.3, 0.4) is 0 Å². The van der Waals surface area contributed by atoms with Gasteiger partial charge in [0.05, 0.1) is 14.2 Å². The molecular weight excluding hydrogens is 328 g/mol. The molecule has 0 saturated carbocycles. The van der Waals surface area contributed by atoms with Crippen LogP contribution in [0.1, 0.15) is 11.1 Å². The SMILES string of the molecule is COc1cccc(COc2cccc(OCc3cccc(OC)c3)c2)c1. The van der Waals surface area contributed by atoms with Gasteiger partial charge in [0.1, 0.15) is 36.2 Å². The first-order valence-corrected chi connectivity index (χ1v) is 8.38. The van der Waals surface area contributed by atoms with Crippen LogP contribution in [0.5, 0.6) is 23.0 Å². The van der Waals surface area contributed by atoms with E-state index < -0.39 is 0 Å². The van der Waals surface area contributed by atoms with Crippen LogP contribution >= 0.6 is 0 Å². The summed E-state index contributed by atoms with van der Waals surface area (Å²) in [6, 6.07) is 23.3.